The van der Waals surface area contributed by atoms with Gasteiger partial charge in [0.15, 0.2) is 11.6 Å². The molecule has 0 saturated heterocycles. The van der Waals surface area contributed by atoms with Crippen LogP contribution in [0, 0.1) is 5.41 Å². The molecular formula is C20H28O8. The van der Waals surface area contributed by atoms with Gasteiger partial charge in [-0.3, -0.25) is 9.59 Å². The van der Waals surface area contributed by atoms with E-state index in [2.05, 4.69) is 26.3 Å². The maximum Gasteiger partial charge on any atom is 0.330 e. The summed E-state index contributed by atoms with van der Waals surface area (Å²) in [4.78, 5) is 33.8. The van der Waals surface area contributed by atoms with Gasteiger partial charge in [0, 0.05) is 6.08 Å². The Hall–Kier alpha value is -2.55. The zero-order valence-corrected chi connectivity index (χ0v) is 16.1. The molecule has 0 rings (SSSR count). The van der Waals surface area contributed by atoms with E-state index in [0.29, 0.717) is 0 Å². The summed E-state index contributed by atoms with van der Waals surface area (Å²) in [6.07, 6.45) is 4.62. The number of esters is 1. The number of hydrogen-bond donors (Lipinski definition) is 0. The predicted octanol–water partition coefficient (Wildman–Crippen LogP) is 1.42. The van der Waals surface area contributed by atoms with E-state index in [-0.39, 0.29) is 64.4 Å². The van der Waals surface area contributed by atoms with Gasteiger partial charge in [-0.2, -0.15) is 0 Å². The summed E-state index contributed by atoms with van der Waals surface area (Å²) in [5.41, 5.74) is -0.834. The van der Waals surface area contributed by atoms with E-state index < -0.39 is 11.4 Å². The van der Waals surface area contributed by atoms with Crippen molar-refractivity contribution in [2.75, 3.05) is 52.9 Å². The first-order valence-electron chi connectivity index (χ1n) is 8.48. The second-order valence-corrected chi connectivity index (χ2v) is 5.73. The Bertz CT molecular complexity index is 526. The summed E-state index contributed by atoms with van der Waals surface area (Å²) in [7, 11) is 0. The summed E-state index contributed by atoms with van der Waals surface area (Å²) in [6, 6.07) is 0. The topological polar surface area (TPSA) is 97.4 Å². The molecule has 0 radical (unpaired) electrons. The monoisotopic (exact) mass is 396 g/mol. The number of hydrogen-bond acceptors (Lipinski definition) is 8. The van der Waals surface area contributed by atoms with Gasteiger partial charge >= 0.3 is 5.97 Å². The van der Waals surface area contributed by atoms with E-state index in [4.69, 9.17) is 23.7 Å². The SMILES string of the molecule is C=COCC(COCCOC(=O)C=C)(COCC(=O)C=C)COCC(=O)C=C. The number of carbonyl (C=O) groups excluding carboxylic acids is 3. The lowest BCUT2D eigenvalue weighted by Crippen LogP contribution is -2.42. The normalized spacial score (nSPS) is 10.6. The van der Waals surface area contributed by atoms with Crippen LogP contribution in [-0.4, -0.2) is 70.4 Å². The summed E-state index contributed by atoms with van der Waals surface area (Å²) < 4.78 is 26.6. The summed E-state index contributed by atoms with van der Waals surface area (Å²) in [6.45, 7) is 13.7. The Labute approximate surface area is 165 Å². The molecule has 0 heterocycles. The molecule has 0 fully saturated rings. The lowest BCUT2D eigenvalue weighted by atomic mass is 9.92. The van der Waals surface area contributed by atoms with Crippen molar-refractivity contribution < 1.29 is 38.1 Å². The fourth-order valence-electron chi connectivity index (χ4n) is 1.89. The fourth-order valence-corrected chi connectivity index (χ4v) is 1.89. The van der Waals surface area contributed by atoms with E-state index in [0.717, 1.165) is 18.2 Å². The summed E-state index contributed by atoms with van der Waals surface area (Å²) in [5, 5.41) is 0. The van der Waals surface area contributed by atoms with Crippen LogP contribution in [0.5, 0.6) is 0 Å². The molecule has 0 unspecified atom stereocenters. The first-order valence-corrected chi connectivity index (χ1v) is 8.48. The first kappa shape index (κ1) is 25.4. The van der Waals surface area contributed by atoms with Crippen LogP contribution in [0.3, 0.4) is 0 Å². The second-order valence-electron chi connectivity index (χ2n) is 5.73. The highest BCUT2D eigenvalue weighted by Crippen LogP contribution is 2.21. The zero-order chi connectivity index (χ0) is 21.3. The van der Waals surface area contributed by atoms with Gasteiger partial charge in [0.1, 0.15) is 19.8 Å². The molecule has 0 N–H and O–H groups in total. The maximum atomic E-state index is 11.4. The van der Waals surface area contributed by atoms with Gasteiger partial charge in [-0.1, -0.05) is 26.3 Å². The molecule has 0 aromatic rings. The van der Waals surface area contributed by atoms with Gasteiger partial charge < -0.3 is 23.7 Å². The first-order chi connectivity index (χ1) is 13.4. The van der Waals surface area contributed by atoms with E-state index in [1.165, 1.54) is 6.26 Å². The third-order valence-electron chi connectivity index (χ3n) is 3.31. The number of carbonyl (C=O) groups is 3. The molecule has 0 bridgehead atoms. The van der Waals surface area contributed by atoms with Crippen molar-refractivity contribution in [2.45, 2.75) is 0 Å². The average molecular weight is 396 g/mol. The molecule has 0 aliphatic heterocycles. The highest BCUT2D eigenvalue weighted by atomic mass is 16.6. The Morgan fingerprint density at radius 3 is 1.71 bits per heavy atom. The van der Waals surface area contributed by atoms with Crippen molar-refractivity contribution in [3.63, 3.8) is 0 Å². The van der Waals surface area contributed by atoms with Crippen molar-refractivity contribution in [3.8, 4) is 0 Å². The molecule has 0 aromatic heterocycles. The maximum absolute atomic E-state index is 11.4. The molecule has 28 heavy (non-hydrogen) atoms. The van der Waals surface area contributed by atoms with Gasteiger partial charge in [0.2, 0.25) is 0 Å². The Balaban J connectivity index is 4.90. The van der Waals surface area contributed by atoms with E-state index in [9.17, 15) is 14.4 Å². The van der Waals surface area contributed by atoms with Crippen molar-refractivity contribution in [3.05, 3.63) is 50.8 Å². The third-order valence-corrected chi connectivity index (χ3v) is 3.31. The fraction of sp³-hybridized carbons (Fsp3) is 0.450. The third kappa shape index (κ3) is 11.9. The van der Waals surface area contributed by atoms with Crippen molar-refractivity contribution in [2.24, 2.45) is 5.41 Å². The zero-order valence-electron chi connectivity index (χ0n) is 16.1. The molecule has 8 heteroatoms. The van der Waals surface area contributed by atoms with Gasteiger partial charge in [-0.05, 0) is 12.2 Å². The number of ketones is 2. The van der Waals surface area contributed by atoms with Gasteiger partial charge in [-0.25, -0.2) is 4.79 Å². The van der Waals surface area contributed by atoms with Crippen molar-refractivity contribution in [1.29, 1.82) is 0 Å². The van der Waals surface area contributed by atoms with Crippen LogP contribution >= 0.6 is 0 Å². The second kappa shape index (κ2) is 15.5. The van der Waals surface area contributed by atoms with Crippen LogP contribution in [0.2, 0.25) is 0 Å². The minimum Gasteiger partial charge on any atom is -0.501 e. The van der Waals surface area contributed by atoms with Crippen LogP contribution in [-0.2, 0) is 38.1 Å². The molecule has 0 amide bonds. The molecular weight excluding hydrogens is 368 g/mol. The van der Waals surface area contributed by atoms with E-state index in [1.807, 2.05) is 0 Å². The van der Waals surface area contributed by atoms with E-state index >= 15 is 0 Å². The molecule has 8 nitrogen and oxygen atoms in total. The van der Waals surface area contributed by atoms with Crippen LogP contribution in [0.1, 0.15) is 0 Å². The standard InChI is InChI=1S/C20H28O8/c1-5-17(21)11-26-15-20(13-24-8-4,16-27-12-18(22)6-2)14-25-9-10-28-19(23)7-3/h5-8H,1-4,9-16H2. The van der Waals surface area contributed by atoms with Crippen LogP contribution in [0.15, 0.2) is 50.8 Å². The quantitative estimate of drug-likeness (QED) is 0.140. The largest absolute Gasteiger partial charge is 0.501 e. The molecule has 0 atom stereocenters. The molecule has 0 aliphatic carbocycles. The number of rotatable bonds is 19. The lowest BCUT2D eigenvalue weighted by molar-refractivity contribution is -0.141. The molecule has 0 spiro atoms. The molecule has 0 aliphatic rings. The summed E-state index contributed by atoms with van der Waals surface area (Å²) in [5.74, 6) is -1.11. The Morgan fingerprint density at radius 1 is 0.714 bits per heavy atom. The Morgan fingerprint density at radius 2 is 1.25 bits per heavy atom. The highest BCUT2D eigenvalue weighted by Gasteiger charge is 2.33. The highest BCUT2D eigenvalue weighted by molar-refractivity contribution is 5.90. The Kier molecular flexibility index (Phi) is 14.1. The van der Waals surface area contributed by atoms with E-state index in [1.54, 1.807) is 0 Å². The minimum atomic E-state index is -0.834. The minimum absolute atomic E-state index is 0.0366. The smallest absolute Gasteiger partial charge is 0.330 e. The molecule has 0 aromatic carbocycles. The van der Waals surface area contributed by atoms with Gasteiger partial charge in [-0.15, -0.1) is 0 Å². The van der Waals surface area contributed by atoms with Gasteiger partial charge in [0.25, 0.3) is 0 Å². The predicted molar refractivity (Wildman–Crippen MR) is 103 cm³/mol. The van der Waals surface area contributed by atoms with Crippen molar-refractivity contribution >= 4 is 17.5 Å². The average Bonchev–Trinajstić information content (AvgIpc) is 2.71. The molecule has 0 saturated carbocycles. The lowest BCUT2D eigenvalue weighted by Gasteiger charge is -2.32. The van der Waals surface area contributed by atoms with Crippen LogP contribution in [0.4, 0.5) is 0 Å². The van der Waals surface area contributed by atoms with Crippen molar-refractivity contribution in [1.82, 2.24) is 0 Å². The van der Waals surface area contributed by atoms with Crippen LogP contribution < -0.4 is 0 Å². The molecule has 156 valence electrons. The number of ether oxygens (including phenoxy) is 5. The summed E-state index contributed by atoms with van der Waals surface area (Å²) >= 11 is 0. The van der Waals surface area contributed by atoms with Crippen LogP contribution in [0.25, 0.3) is 0 Å². The van der Waals surface area contributed by atoms with Gasteiger partial charge in [0.05, 0.1) is 44.7 Å².